The van der Waals surface area contributed by atoms with Crippen LogP contribution in [-0.2, 0) is 0 Å². The quantitative estimate of drug-likeness (QED) is 0.671. The molecule has 1 rings (SSSR count). The summed E-state index contributed by atoms with van der Waals surface area (Å²) >= 11 is 0. The van der Waals surface area contributed by atoms with Gasteiger partial charge in [0.25, 0.3) is 0 Å². The molecule has 1 aromatic carbocycles. The average molecular weight is 176 g/mol. The van der Waals surface area contributed by atoms with Crippen molar-refractivity contribution in [1.82, 2.24) is 0 Å². The zero-order chi connectivity index (χ0) is 9.84. The molecule has 0 amide bonds. The summed E-state index contributed by atoms with van der Waals surface area (Å²) in [6.07, 6.45) is 4.13. The molecule has 0 saturated carbocycles. The Bertz CT molecular complexity index is 324. The molecule has 0 unspecified atom stereocenters. The van der Waals surface area contributed by atoms with Gasteiger partial charge in [0.2, 0.25) is 0 Å². The van der Waals surface area contributed by atoms with Crippen LogP contribution in [-0.4, -0.2) is 7.11 Å². The molecule has 70 valence electrons. The number of rotatable bonds is 2. The maximum Gasteiger partial charge on any atom is 0.122 e. The van der Waals surface area contributed by atoms with Crippen molar-refractivity contribution < 1.29 is 4.74 Å². The fourth-order valence-corrected chi connectivity index (χ4v) is 1.43. The predicted molar refractivity (Wildman–Crippen MR) is 57.2 cm³/mol. The van der Waals surface area contributed by atoms with Crippen LogP contribution in [0.15, 0.2) is 18.2 Å². The van der Waals surface area contributed by atoms with Crippen molar-refractivity contribution in [2.24, 2.45) is 0 Å². The van der Waals surface area contributed by atoms with E-state index in [2.05, 4.69) is 32.1 Å². The Labute approximate surface area is 80.0 Å². The van der Waals surface area contributed by atoms with Gasteiger partial charge in [-0.1, -0.05) is 18.2 Å². The molecule has 1 aromatic rings. The van der Waals surface area contributed by atoms with Gasteiger partial charge in [-0.3, -0.25) is 0 Å². The number of aryl methyl sites for hydroxylation is 2. The molecule has 0 aliphatic carbocycles. The van der Waals surface area contributed by atoms with Gasteiger partial charge in [0.05, 0.1) is 7.11 Å². The van der Waals surface area contributed by atoms with Crippen molar-refractivity contribution in [3.63, 3.8) is 0 Å². The second-order valence-electron chi connectivity index (χ2n) is 3.18. The smallest absolute Gasteiger partial charge is 0.122 e. The number of hydrogen-bond acceptors (Lipinski definition) is 1. The lowest BCUT2D eigenvalue weighted by Crippen LogP contribution is -1.90. The van der Waals surface area contributed by atoms with Gasteiger partial charge in [-0.05, 0) is 43.5 Å². The van der Waals surface area contributed by atoms with Crippen molar-refractivity contribution >= 4 is 6.08 Å². The molecule has 0 N–H and O–H groups in total. The first kappa shape index (κ1) is 9.85. The van der Waals surface area contributed by atoms with Gasteiger partial charge in [0.15, 0.2) is 0 Å². The van der Waals surface area contributed by atoms with Crippen LogP contribution in [0.2, 0.25) is 0 Å². The van der Waals surface area contributed by atoms with Crippen LogP contribution < -0.4 is 4.74 Å². The summed E-state index contributed by atoms with van der Waals surface area (Å²) in [5.74, 6) is 0.957. The van der Waals surface area contributed by atoms with Crippen molar-refractivity contribution in [1.29, 1.82) is 0 Å². The number of allylic oxidation sites excluding steroid dienone is 1. The minimum absolute atomic E-state index is 0.957. The highest BCUT2D eigenvalue weighted by Crippen LogP contribution is 2.23. The minimum Gasteiger partial charge on any atom is -0.496 e. The van der Waals surface area contributed by atoms with E-state index in [1.54, 1.807) is 7.11 Å². The van der Waals surface area contributed by atoms with Crippen LogP contribution in [0.5, 0.6) is 5.75 Å². The van der Waals surface area contributed by atoms with Gasteiger partial charge in [-0.2, -0.15) is 0 Å². The Hall–Kier alpha value is -1.24. The molecule has 1 nitrogen and oxygen atoms in total. The molecule has 0 spiro atoms. The maximum atomic E-state index is 5.25. The van der Waals surface area contributed by atoms with E-state index >= 15 is 0 Å². The molecule has 0 bridgehead atoms. The van der Waals surface area contributed by atoms with Gasteiger partial charge in [0.1, 0.15) is 5.75 Å². The third-order valence-electron chi connectivity index (χ3n) is 2.13. The molecule has 0 aliphatic heterocycles. The minimum atomic E-state index is 0.957. The number of ether oxygens (including phenoxy) is 1. The van der Waals surface area contributed by atoms with E-state index in [4.69, 9.17) is 4.74 Å². The molecule has 1 heteroatoms. The van der Waals surface area contributed by atoms with E-state index in [0.717, 1.165) is 5.75 Å². The first-order valence-electron chi connectivity index (χ1n) is 4.47. The van der Waals surface area contributed by atoms with Crippen LogP contribution in [0.1, 0.15) is 23.6 Å². The molecule has 13 heavy (non-hydrogen) atoms. The Morgan fingerprint density at radius 3 is 2.38 bits per heavy atom. The molecule has 0 heterocycles. The molecular weight excluding hydrogens is 160 g/mol. The van der Waals surface area contributed by atoms with Gasteiger partial charge in [-0.15, -0.1) is 0 Å². The Morgan fingerprint density at radius 2 is 1.85 bits per heavy atom. The standard InChI is InChI=1S/C12H16O/c1-5-6-11-8-12(13-4)10(3)7-9(11)2/h5-8H,1-4H3/b6-5-. The van der Waals surface area contributed by atoms with Crippen LogP contribution in [0.25, 0.3) is 6.08 Å². The Kier molecular flexibility index (Phi) is 3.13. The molecular formula is C12H16O. The van der Waals surface area contributed by atoms with E-state index in [0.29, 0.717) is 0 Å². The number of methoxy groups -OCH3 is 1. The van der Waals surface area contributed by atoms with E-state index < -0.39 is 0 Å². The van der Waals surface area contributed by atoms with Gasteiger partial charge < -0.3 is 4.74 Å². The third kappa shape index (κ3) is 2.11. The first-order chi connectivity index (χ1) is 6.19. The van der Waals surface area contributed by atoms with E-state index in [1.165, 1.54) is 16.7 Å². The van der Waals surface area contributed by atoms with Crippen molar-refractivity contribution in [2.45, 2.75) is 20.8 Å². The fraction of sp³-hybridized carbons (Fsp3) is 0.333. The summed E-state index contributed by atoms with van der Waals surface area (Å²) in [5.41, 5.74) is 3.70. The Morgan fingerprint density at radius 1 is 1.15 bits per heavy atom. The summed E-state index contributed by atoms with van der Waals surface area (Å²) in [5, 5.41) is 0. The molecule has 0 aromatic heterocycles. The molecule has 0 atom stereocenters. The Balaban J connectivity index is 3.22. The van der Waals surface area contributed by atoms with E-state index in [9.17, 15) is 0 Å². The summed E-state index contributed by atoms with van der Waals surface area (Å²) in [4.78, 5) is 0. The van der Waals surface area contributed by atoms with E-state index in [1.807, 2.05) is 13.0 Å². The third-order valence-corrected chi connectivity index (χ3v) is 2.13. The summed E-state index contributed by atoms with van der Waals surface area (Å²) in [6, 6.07) is 4.22. The lowest BCUT2D eigenvalue weighted by molar-refractivity contribution is 0.411. The van der Waals surface area contributed by atoms with Crippen molar-refractivity contribution in [3.8, 4) is 5.75 Å². The summed E-state index contributed by atoms with van der Waals surface area (Å²) < 4.78 is 5.25. The zero-order valence-corrected chi connectivity index (χ0v) is 8.72. The fourth-order valence-electron chi connectivity index (χ4n) is 1.43. The highest BCUT2D eigenvalue weighted by molar-refractivity contribution is 5.57. The highest BCUT2D eigenvalue weighted by Gasteiger charge is 2.01. The topological polar surface area (TPSA) is 9.23 Å². The second-order valence-corrected chi connectivity index (χ2v) is 3.18. The lowest BCUT2D eigenvalue weighted by Gasteiger charge is -2.08. The monoisotopic (exact) mass is 176 g/mol. The SMILES string of the molecule is C/C=C\c1cc(OC)c(C)cc1C. The van der Waals surface area contributed by atoms with Crippen LogP contribution >= 0.6 is 0 Å². The largest absolute Gasteiger partial charge is 0.496 e. The van der Waals surface area contributed by atoms with E-state index in [-0.39, 0.29) is 0 Å². The van der Waals surface area contributed by atoms with Gasteiger partial charge in [0, 0.05) is 0 Å². The molecule has 0 fully saturated rings. The summed E-state index contributed by atoms with van der Waals surface area (Å²) in [7, 11) is 1.71. The van der Waals surface area contributed by atoms with Crippen molar-refractivity contribution in [2.75, 3.05) is 7.11 Å². The maximum absolute atomic E-state index is 5.25. The highest BCUT2D eigenvalue weighted by atomic mass is 16.5. The predicted octanol–water partition coefficient (Wildman–Crippen LogP) is 3.35. The van der Waals surface area contributed by atoms with Gasteiger partial charge in [-0.25, -0.2) is 0 Å². The molecule has 0 radical (unpaired) electrons. The molecule has 0 aliphatic rings. The van der Waals surface area contributed by atoms with Crippen LogP contribution in [0, 0.1) is 13.8 Å². The second kappa shape index (κ2) is 4.13. The van der Waals surface area contributed by atoms with Crippen LogP contribution in [0.3, 0.4) is 0 Å². The molecule has 0 saturated heterocycles. The van der Waals surface area contributed by atoms with Crippen molar-refractivity contribution in [3.05, 3.63) is 34.9 Å². The number of hydrogen-bond donors (Lipinski definition) is 0. The summed E-state index contributed by atoms with van der Waals surface area (Å²) in [6.45, 7) is 6.19. The van der Waals surface area contributed by atoms with Crippen LogP contribution in [0.4, 0.5) is 0 Å². The first-order valence-corrected chi connectivity index (χ1v) is 4.47. The lowest BCUT2D eigenvalue weighted by atomic mass is 10.0. The number of benzene rings is 1. The zero-order valence-electron chi connectivity index (χ0n) is 8.72. The average Bonchev–Trinajstić information content (AvgIpc) is 2.10. The van der Waals surface area contributed by atoms with Gasteiger partial charge >= 0.3 is 0 Å². The normalized spacial score (nSPS) is 10.8.